The maximum Gasteiger partial charge on any atom is 0.223 e. The SMILES string of the molecule is CCCCC/C=C/CC/C=C/C(O)C(CO)NC(=O)CC(O)/C=C\C/C=C\CCCCCCCC. The van der Waals surface area contributed by atoms with Crippen LogP contribution in [0.2, 0.25) is 0 Å². The quantitative estimate of drug-likeness (QED) is 0.0997. The van der Waals surface area contributed by atoms with E-state index in [0.717, 1.165) is 32.1 Å². The maximum atomic E-state index is 12.2. The van der Waals surface area contributed by atoms with E-state index >= 15 is 0 Å². The van der Waals surface area contributed by atoms with Crippen LogP contribution in [0, 0.1) is 0 Å². The first-order chi connectivity index (χ1) is 17.0. The summed E-state index contributed by atoms with van der Waals surface area (Å²) in [6, 6.07) is -0.788. The van der Waals surface area contributed by atoms with Crippen LogP contribution in [-0.4, -0.2) is 46.1 Å². The number of carbonyl (C=O) groups is 1. The molecule has 202 valence electrons. The van der Waals surface area contributed by atoms with E-state index in [-0.39, 0.29) is 13.0 Å². The van der Waals surface area contributed by atoms with Gasteiger partial charge in [-0.25, -0.2) is 0 Å². The van der Waals surface area contributed by atoms with Crippen molar-refractivity contribution in [3.8, 4) is 0 Å². The molecule has 35 heavy (non-hydrogen) atoms. The van der Waals surface area contributed by atoms with Crippen LogP contribution in [-0.2, 0) is 4.79 Å². The summed E-state index contributed by atoms with van der Waals surface area (Å²) in [6.45, 7) is 4.05. The van der Waals surface area contributed by atoms with Crippen molar-refractivity contribution in [3.05, 3.63) is 48.6 Å². The van der Waals surface area contributed by atoms with E-state index < -0.39 is 24.2 Å². The van der Waals surface area contributed by atoms with Gasteiger partial charge < -0.3 is 20.6 Å². The zero-order valence-corrected chi connectivity index (χ0v) is 22.4. The average Bonchev–Trinajstić information content (AvgIpc) is 2.84. The number of allylic oxidation sites excluding steroid dienone is 6. The number of hydrogen-bond donors (Lipinski definition) is 4. The minimum absolute atomic E-state index is 0.103. The van der Waals surface area contributed by atoms with Gasteiger partial charge in [0.2, 0.25) is 5.91 Å². The third kappa shape index (κ3) is 22.5. The molecule has 0 aromatic rings. The number of aliphatic hydroxyl groups is 3. The highest BCUT2D eigenvalue weighted by Gasteiger charge is 2.19. The van der Waals surface area contributed by atoms with Crippen molar-refractivity contribution >= 4 is 5.91 Å². The fourth-order valence-electron chi connectivity index (χ4n) is 3.64. The molecule has 3 atom stereocenters. The molecule has 5 heteroatoms. The molecule has 0 bridgehead atoms. The standard InChI is InChI=1S/C30H53NO4/c1-3-5-7-9-11-13-14-16-17-19-21-23-27(33)25-30(35)31-28(26-32)29(34)24-22-20-18-15-12-10-8-6-4-2/h12,15-17,21-24,27-29,32-34H,3-11,13-14,18-20,25-26H2,1-2H3,(H,31,35)/b15-12+,17-16-,23-21-,24-22+. The van der Waals surface area contributed by atoms with Crippen molar-refractivity contribution in [3.63, 3.8) is 0 Å². The van der Waals surface area contributed by atoms with Crippen LogP contribution < -0.4 is 5.32 Å². The lowest BCUT2D eigenvalue weighted by Gasteiger charge is -2.20. The van der Waals surface area contributed by atoms with Gasteiger partial charge in [0.15, 0.2) is 0 Å². The molecule has 0 aliphatic carbocycles. The Kier molecular flexibility index (Phi) is 24.2. The van der Waals surface area contributed by atoms with Gasteiger partial charge in [-0.05, 0) is 44.9 Å². The van der Waals surface area contributed by atoms with Gasteiger partial charge in [0, 0.05) is 0 Å². The van der Waals surface area contributed by atoms with E-state index in [0.29, 0.717) is 0 Å². The van der Waals surface area contributed by atoms with Crippen LogP contribution in [0.5, 0.6) is 0 Å². The Balaban J connectivity index is 4.06. The summed E-state index contributed by atoms with van der Waals surface area (Å²) in [5.74, 6) is -0.401. The molecule has 5 nitrogen and oxygen atoms in total. The maximum absolute atomic E-state index is 12.2. The van der Waals surface area contributed by atoms with E-state index in [1.165, 1.54) is 57.8 Å². The third-order valence-electron chi connectivity index (χ3n) is 5.85. The molecule has 3 unspecified atom stereocenters. The van der Waals surface area contributed by atoms with Gasteiger partial charge in [0.05, 0.1) is 31.3 Å². The monoisotopic (exact) mass is 491 g/mol. The second-order valence-corrected chi connectivity index (χ2v) is 9.28. The van der Waals surface area contributed by atoms with Gasteiger partial charge in [-0.15, -0.1) is 0 Å². The van der Waals surface area contributed by atoms with Crippen molar-refractivity contribution < 1.29 is 20.1 Å². The van der Waals surface area contributed by atoms with Gasteiger partial charge in [0.1, 0.15) is 0 Å². The molecular formula is C30H53NO4. The van der Waals surface area contributed by atoms with E-state index in [4.69, 9.17) is 0 Å². The molecule has 1 amide bonds. The lowest BCUT2D eigenvalue weighted by atomic mass is 10.1. The molecule has 0 radical (unpaired) electrons. The van der Waals surface area contributed by atoms with E-state index in [1.807, 2.05) is 12.2 Å². The predicted molar refractivity (Wildman–Crippen MR) is 148 cm³/mol. The average molecular weight is 492 g/mol. The normalized spacial score (nSPS) is 15.0. The molecule has 0 saturated carbocycles. The lowest BCUT2D eigenvalue weighted by Crippen LogP contribution is -2.45. The van der Waals surface area contributed by atoms with Crippen LogP contribution in [0.15, 0.2) is 48.6 Å². The van der Waals surface area contributed by atoms with Gasteiger partial charge >= 0.3 is 0 Å². The van der Waals surface area contributed by atoms with Crippen molar-refractivity contribution in [2.75, 3.05) is 6.61 Å². The van der Waals surface area contributed by atoms with Crippen LogP contribution in [0.3, 0.4) is 0 Å². The van der Waals surface area contributed by atoms with Crippen LogP contribution >= 0.6 is 0 Å². The zero-order valence-electron chi connectivity index (χ0n) is 22.4. The van der Waals surface area contributed by atoms with Gasteiger partial charge in [0.25, 0.3) is 0 Å². The van der Waals surface area contributed by atoms with Crippen molar-refractivity contribution in [2.45, 2.75) is 128 Å². The minimum Gasteiger partial charge on any atom is -0.394 e. The summed E-state index contributed by atoms with van der Waals surface area (Å²) >= 11 is 0. The lowest BCUT2D eigenvalue weighted by molar-refractivity contribution is -0.124. The smallest absolute Gasteiger partial charge is 0.223 e. The Morgan fingerprint density at radius 1 is 0.714 bits per heavy atom. The van der Waals surface area contributed by atoms with Crippen LogP contribution in [0.4, 0.5) is 0 Å². The molecule has 0 heterocycles. The largest absolute Gasteiger partial charge is 0.394 e. The highest BCUT2D eigenvalue weighted by molar-refractivity contribution is 5.77. The first-order valence-electron chi connectivity index (χ1n) is 13.9. The summed E-state index contributed by atoms with van der Waals surface area (Å²) in [7, 11) is 0. The molecule has 4 N–H and O–H groups in total. The highest BCUT2D eigenvalue weighted by atomic mass is 16.3. The Hall–Kier alpha value is -1.69. The number of hydrogen-bond acceptors (Lipinski definition) is 4. The van der Waals surface area contributed by atoms with Crippen molar-refractivity contribution in [1.82, 2.24) is 5.32 Å². The predicted octanol–water partition coefficient (Wildman–Crippen LogP) is 6.30. The molecule has 0 aromatic carbocycles. The van der Waals surface area contributed by atoms with E-state index in [1.54, 1.807) is 12.2 Å². The Morgan fingerprint density at radius 3 is 2.00 bits per heavy atom. The molecule has 0 saturated heterocycles. The van der Waals surface area contributed by atoms with Crippen LogP contribution in [0.25, 0.3) is 0 Å². The summed E-state index contributed by atoms with van der Waals surface area (Å²) < 4.78 is 0. The Labute approximate surface area is 215 Å². The third-order valence-corrected chi connectivity index (χ3v) is 5.85. The number of aliphatic hydroxyl groups excluding tert-OH is 3. The molecule has 0 rings (SSSR count). The fourth-order valence-corrected chi connectivity index (χ4v) is 3.64. The number of unbranched alkanes of at least 4 members (excludes halogenated alkanes) is 10. The summed E-state index contributed by atoms with van der Waals surface area (Å²) in [5, 5.41) is 32.5. The van der Waals surface area contributed by atoms with Crippen molar-refractivity contribution in [1.29, 1.82) is 0 Å². The van der Waals surface area contributed by atoms with Crippen molar-refractivity contribution in [2.24, 2.45) is 0 Å². The molecule has 0 aromatic heterocycles. The Morgan fingerprint density at radius 2 is 1.29 bits per heavy atom. The molecule has 0 fully saturated rings. The molecule has 0 aliphatic rings. The number of carbonyl (C=O) groups excluding carboxylic acids is 1. The fraction of sp³-hybridized carbons (Fsp3) is 0.700. The highest BCUT2D eigenvalue weighted by Crippen LogP contribution is 2.08. The summed E-state index contributed by atoms with van der Waals surface area (Å²) in [5.41, 5.74) is 0. The number of amides is 1. The topological polar surface area (TPSA) is 89.8 Å². The zero-order chi connectivity index (χ0) is 26.0. The second-order valence-electron chi connectivity index (χ2n) is 9.28. The number of rotatable bonds is 23. The van der Waals surface area contributed by atoms with Gasteiger partial charge in [-0.1, -0.05) is 107 Å². The number of nitrogens with one attached hydrogen (secondary N) is 1. The molecule has 0 aliphatic heterocycles. The summed E-state index contributed by atoms with van der Waals surface area (Å²) in [6.07, 6.45) is 29.7. The molecular weight excluding hydrogens is 438 g/mol. The minimum atomic E-state index is -0.970. The summed E-state index contributed by atoms with van der Waals surface area (Å²) in [4.78, 5) is 12.2. The first-order valence-corrected chi connectivity index (χ1v) is 13.9. The van der Waals surface area contributed by atoms with E-state index in [9.17, 15) is 20.1 Å². The van der Waals surface area contributed by atoms with Gasteiger partial charge in [-0.2, -0.15) is 0 Å². The first kappa shape index (κ1) is 33.3. The second kappa shape index (κ2) is 25.4. The Bertz CT molecular complexity index is 597. The van der Waals surface area contributed by atoms with Crippen LogP contribution in [0.1, 0.15) is 110 Å². The molecule has 0 spiro atoms. The van der Waals surface area contributed by atoms with E-state index in [2.05, 4.69) is 43.5 Å². The van der Waals surface area contributed by atoms with Gasteiger partial charge in [-0.3, -0.25) is 4.79 Å².